The number of rotatable bonds is 8. The largest absolute Gasteiger partial charge is 0.345 e. The fraction of sp³-hybridized carbons (Fsp3) is 0.438. The van der Waals surface area contributed by atoms with Crippen molar-refractivity contribution in [2.45, 2.75) is 38.5 Å². The zero-order valence-corrected chi connectivity index (χ0v) is 14.8. The zero-order chi connectivity index (χ0) is 17.5. The van der Waals surface area contributed by atoms with Gasteiger partial charge in [-0.1, -0.05) is 55.9 Å². The van der Waals surface area contributed by atoms with Crippen molar-refractivity contribution in [2.24, 2.45) is 5.92 Å². The first-order chi connectivity index (χ1) is 11.5. The number of tetrazole rings is 1. The minimum atomic E-state index is -0.460. The average molecular weight is 347 g/mol. The summed E-state index contributed by atoms with van der Waals surface area (Å²) in [5.74, 6) is -0.0358. The summed E-state index contributed by atoms with van der Waals surface area (Å²) in [4.78, 5) is 23.6. The van der Waals surface area contributed by atoms with Crippen LogP contribution in [0.3, 0.4) is 0 Å². The number of amides is 1. The predicted octanol–water partition coefficient (Wildman–Crippen LogP) is 1.54. The van der Waals surface area contributed by atoms with Gasteiger partial charge >= 0.3 is 0 Å². The Labute approximate surface area is 145 Å². The maximum Gasteiger partial charge on any atom is 0.231 e. The van der Waals surface area contributed by atoms with Gasteiger partial charge in [0.05, 0.1) is 18.3 Å². The summed E-state index contributed by atoms with van der Waals surface area (Å²) in [6, 6.07) is 9.37. The fourth-order valence-corrected chi connectivity index (χ4v) is 2.93. The second-order valence-electron chi connectivity index (χ2n) is 5.79. The molecule has 0 fully saturated rings. The van der Waals surface area contributed by atoms with Crippen LogP contribution in [0, 0.1) is 5.92 Å². The van der Waals surface area contributed by atoms with E-state index < -0.39 is 6.04 Å². The summed E-state index contributed by atoms with van der Waals surface area (Å²) in [6.07, 6.45) is 0. The molecule has 2 rings (SSSR count). The lowest BCUT2D eigenvalue weighted by Gasteiger charge is -2.19. The monoisotopic (exact) mass is 347 g/mol. The van der Waals surface area contributed by atoms with Crippen LogP contribution in [0.4, 0.5) is 0 Å². The molecule has 1 amide bonds. The normalized spacial score (nSPS) is 12.2. The van der Waals surface area contributed by atoms with Crippen LogP contribution < -0.4 is 5.32 Å². The van der Waals surface area contributed by atoms with Gasteiger partial charge in [-0.25, -0.2) is 4.68 Å². The van der Waals surface area contributed by atoms with Crippen LogP contribution in [0.1, 0.15) is 26.3 Å². The molecule has 128 valence electrons. The molecule has 8 heteroatoms. The Morgan fingerprint density at radius 2 is 1.96 bits per heavy atom. The highest BCUT2D eigenvalue weighted by molar-refractivity contribution is 7.99. The first kappa shape index (κ1) is 18.1. The molecule has 0 saturated carbocycles. The van der Waals surface area contributed by atoms with Crippen molar-refractivity contribution in [3.05, 3.63) is 35.9 Å². The van der Waals surface area contributed by atoms with Crippen LogP contribution >= 0.6 is 11.8 Å². The van der Waals surface area contributed by atoms with Crippen molar-refractivity contribution in [2.75, 3.05) is 5.75 Å². The number of hydrogen-bond donors (Lipinski definition) is 1. The van der Waals surface area contributed by atoms with E-state index in [9.17, 15) is 9.59 Å². The molecule has 0 saturated heterocycles. The Morgan fingerprint density at radius 1 is 1.25 bits per heavy atom. The Bertz CT molecular complexity index is 687. The summed E-state index contributed by atoms with van der Waals surface area (Å²) in [5, 5.41) is 14.9. The van der Waals surface area contributed by atoms with Gasteiger partial charge in [-0.05, 0) is 28.8 Å². The van der Waals surface area contributed by atoms with E-state index in [4.69, 9.17) is 0 Å². The summed E-state index contributed by atoms with van der Waals surface area (Å²) >= 11 is 1.25. The number of carbonyl (C=O) groups excluding carboxylic acids is 2. The molecule has 0 aliphatic heterocycles. The summed E-state index contributed by atoms with van der Waals surface area (Å²) in [6.45, 7) is 5.83. The van der Waals surface area contributed by atoms with E-state index in [2.05, 4.69) is 20.8 Å². The van der Waals surface area contributed by atoms with E-state index >= 15 is 0 Å². The van der Waals surface area contributed by atoms with Gasteiger partial charge in [0.15, 0.2) is 5.78 Å². The molecule has 1 atom stereocenters. The molecular formula is C16H21N5O2S. The van der Waals surface area contributed by atoms with Gasteiger partial charge in [-0.15, -0.1) is 5.10 Å². The van der Waals surface area contributed by atoms with Gasteiger partial charge in [0.25, 0.3) is 0 Å². The molecule has 24 heavy (non-hydrogen) atoms. The number of nitrogens with one attached hydrogen (secondary N) is 1. The Hall–Kier alpha value is -2.22. The third-order valence-corrected chi connectivity index (χ3v) is 4.38. The topological polar surface area (TPSA) is 89.8 Å². The van der Waals surface area contributed by atoms with Gasteiger partial charge in [-0.3, -0.25) is 9.59 Å². The Morgan fingerprint density at radius 3 is 2.58 bits per heavy atom. The standard InChI is InChI=1S/C16H21N5O2S/c1-11(2)15(12(3)22)17-14(23)10-24-16-18-19-20-21(16)9-13-7-5-4-6-8-13/h4-8,11,15H,9-10H2,1-3H3,(H,17,23). The molecule has 0 radical (unpaired) electrons. The van der Waals surface area contributed by atoms with Crippen molar-refractivity contribution in [1.82, 2.24) is 25.5 Å². The second kappa shape index (κ2) is 8.58. The van der Waals surface area contributed by atoms with E-state index in [1.165, 1.54) is 18.7 Å². The number of benzene rings is 1. The van der Waals surface area contributed by atoms with E-state index in [0.29, 0.717) is 11.7 Å². The number of carbonyl (C=O) groups is 2. The zero-order valence-electron chi connectivity index (χ0n) is 14.0. The van der Waals surface area contributed by atoms with E-state index in [-0.39, 0.29) is 23.4 Å². The molecule has 1 N–H and O–H groups in total. The second-order valence-corrected chi connectivity index (χ2v) is 6.74. The number of ketones is 1. The molecule has 1 unspecified atom stereocenters. The third kappa shape index (κ3) is 5.16. The first-order valence-electron chi connectivity index (χ1n) is 7.70. The number of Topliss-reactive ketones (excluding diaryl/α,β-unsaturated/α-hetero) is 1. The van der Waals surface area contributed by atoms with E-state index in [1.807, 2.05) is 44.2 Å². The molecule has 0 spiro atoms. The average Bonchev–Trinajstić information content (AvgIpc) is 2.98. The lowest BCUT2D eigenvalue weighted by atomic mass is 10.0. The van der Waals surface area contributed by atoms with Crippen LogP contribution in [0.25, 0.3) is 0 Å². The van der Waals surface area contributed by atoms with E-state index in [0.717, 1.165) is 5.56 Å². The van der Waals surface area contributed by atoms with Gasteiger partial charge in [-0.2, -0.15) is 0 Å². The molecule has 1 aromatic carbocycles. The van der Waals surface area contributed by atoms with Crippen molar-refractivity contribution < 1.29 is 9.59 Å². The van der Waals surface area contributed by atoms with Crippen LogP contribution in [0.15, 0.2) is 35.5 Å². The molecule has 1 heterocycles. The highest BCUT2D eigenvalue weighted by Gasteiger charge is 2.21. The lowest BCUT2D eigenvalue weighted by Crippen LogP contribution is -2.44. The molecule has 2 aromatic rings. The number of thioether (sulfide) groups is 1. The van der Waals surface area contributed by atoms with Crippen LogP contribution in [-0.4, -0.2) is 43.7 Å². The van der Waals surface area contributed by atoms with Crippen LogP contribution in [0.5, 0.6) is 0 Å². The molecular weight excluding hydrogens is 326 g/mol. The first-order valence-corrected chi connectivity index (χ1v) is 8.68. The van der Waals surface area contributed by atoms with Gasteiger partial charge in [0.1, 0.15) is 0 Å². The van der Waals surface area contributed by atoms with Crippen molar-refractivity contribution in [3.8, 4) is 0 Å². The van der Waals surface area contributed by atoms with Crippen LogP contribution in [-0.2, 0) is 16.1 Å². The predicted molar refractivity (Wildman–Crippen MR) is 91.5 cm³/mol. The Balaban J connectivity index is 1.92. The summed E-state index contributed by atoms with van der Waals surface area (Å²) < 4.78 is 1.65. The number of aromatic nitrogens is 4. The maximum atomic E-state index is 12.1. The SMILES string of the molecule is CC(=O)C(NC(=O)CSc1nnnn1Cc1ccccc1)C(C)C. The van der Waals surface area contributed by atoms with Crippen molar-refractivity contribution in [3.63, 3.8) is 0 Å². The Kier molecular flexibility index (Phi) is 6.48. The lowest BCUT2D eigenvalue weighted by molar-refractivity contribution is -0.126. The smallest absolute Gasteiger partial charge is 0.231 e. The van der Waals surface area contributed by atoms with Crippen molar-refractivity contribution in [1.29, 1.82) is 0 Å². The maximum absolute atomic E-state index is 12.1. The quantitative estimate of drug-likeness (QED) is 0.729. The minimum absolute atomic E-state index is 0.0442. The third-order valence-electron chi connectivity index (χ3n) is 3.43. The minimum Gasteiger partial charge on any atom is -0.345 e. The molecule has 0 bridgehead atoms. The highest BCUT2D eigenvalue weighted by Crippen LogP contribution is 2.15. The highest BCUT2D eigenvalue weighted by atomic mass is 32.2. The number of hydrogen-bond acceptors (Lipinski definition) is 6. The molecule has 0 aliphatic carbocycles. The molecule has 7 nitrogen and oxygen atoms in total. The summed E-state index contributed by atoms with van der Waals surface area (Å²) in [7, 11) is 0. The van der Waals surface area contributed by atoms with Crippen LogP contribution in [0.2, 0.25) is 0 Å². The fourth-order valence-electron chi connectivity index (χ4n) is 2.24. The van der Waals surface area contributed by atoms with Gasteiger partial charge in [0.2, 0.25) is 11.1 Å². The van der Waals surface area contributed by atoms with Gasteiger partial charge in [0, 0.05) is 0 Å². The number of nitrogens with zero attached hydrogens (tertiary/aromatic N) is 4. The van der Waals surface area contributed by atoms with Crippen molar-refractivity contribution >= 4 is 23.5 Å². The van der Waals surface area contributed by atoms with Gasteiger partial charge < -0.3 is 5.32 Å². The molecule has 0 aliphatic rings. The summed E-state index contributed by atoms with van der Waals surface area (Å²) in [5.41, 5.74) is 1.08. The van der Waals surface area contributed by atoms with E-state index in [1.54, 1.807) is 4.68 Å². The molecule has 1 aromatic heterocycles.